The van der Waals surface area contributed by atoms with E-state index in [2.05, 4.69) is 20.4 Å². The van der Waals surface area contributed by atoms with Crippen molar-refractivity contribution in [1.82, 2.24) is 15.5 Å². The first-order chi connectivity index (χ1) is 14.0. The molecule has 29 heavy (non-hydrogen) atoms. The number of benzene rings is 2. The lowest BCUT2D eigenvalue weighted by atomic mass is 10.1. The number of ether oxygens (including phenoxy) is 1. The second kappa shape index (κ2) is 8.13. The molecule has 0 aliphatic carbocycles. The van der Waals surface area contributed by atoms with Crippen LogP contribution in [0.5, 0.6) is 5.75 Å². The Labute approximate surface area is 172 Å². The Hall–Kier alpha value is -3.06. The molecule has 1 atom stereocenters. The van der Waals surface area contributed by atoms with Gasteiger partial charge in [-0.25, -0.2) is 4.39 Å². The van der Waals surface area contributed by atoms with E-state index in [1.165, 1.54) is 19.2 Å². The lowest BCUT2D eigenvalue weighted by Crippen LogP contribution is -2.37. The van der Waals surface area contributed by atoms with Gasteiger partial charge in [-0.1, -0.05) is 11.6 Å². The first-order valence-corrected chi connectivity index (χ1v) is 9.62. The Kier molecular flexibility index (Phi) is 5.40. The molecule has 0 bridgehead atoms. The molecule has 1 aliphatic rings. The maximum Gasteiger partial charge on any atom is 0.255 e. The number of aromatic amines is 1. The molecular weight excluding hydrogens is 395 g/mol. The number of methoxy groups -OCH3 is 1. The maximum absolute atomic E-state index is 13.1. The van der Waals surface area contributed by atoms with E-state index >= 15 is 0 Å². The number of hydrogen-bond donors (Lipinski definition) is 2. The van der Waals surface area contributed by atoms with E-state index in [9.17, 15) is 9.18 Å². The predicted molar refractivity (Wildman–Crippen MR) is 110 cm³/mol. The van der Waals surface area contributed by atoms with Crippen molar-refractivity contribution >= 4 is 23.3 Å². The smallest absolute Gasteiger partial charge is 0.255 e. The molecule has 1 saturated heterocycles. The van der Waals surface area contributed by atoms with E-state index in [1.54, 1.807) is 30.3 Å². The molecule has 0 saturated carbocycles. The number of nitrogens with one attached hydrogen (secondary N) is 2. The highest BCUT2D eigenvalue weighted by Crippen LogP contribution is 2.26. The minimum Gasteiger partial charge on any atom is -0.496 e. The molecule has 2 N–H and O–H groups in total. The average molecular weight is 415 g/mol. The van der Waals surface area contributed by atoms with Crippen LogP contribution in [0.3, 0.4) is 0 Å². The Morgan fingerprint density at radius 1 is 1.28 bits per heavy atom. The zero-order valence-corrected chi connectivity index (χ0v) is 16.5. The summed E-state index contributed by atoms with van der Waals surface area (Å²) in [5.41, 5.74) is 2.09. The van der Waals surface area contributed by atoms with Gasteiger partial charge < -0.3 is 15.0 Å². The third-order valence-electron chi connectivity index (χ3n) is 4.97. The molecular formula is C21H20ClFN4O2. The molecule has 1 aromatic heterocycles. The fourth-order valence-corrected chi connectivity index (χ4v) is 3.63. The summed E-state index contributed by atoms with van der Waals surface area (Å²) >= 11 is 6.02. The molecule has 1 aliphatic heterocycles. The number of halogens is 2. The van der Waals surface area contributed by atoms with Crippen LogP contribution < -0.4 is 15.0 Å². The van der Waals surface area contributed by atoms with Gasteiger partial charge in [-0.05, 0) is 54.4 Å². The molecule has 0 spiro atoms. The topological polar surface area (TPSA) is 70.2 Å². The average Bonchev–Trinajstić information content (AvgIpc) is 3.38. The van der Waals surface area contributed by atoms with Gasteiger partial charge in [-0.2, -0.15) is 5.10 Å². The van der Waals surface area contributed by atoms with Crippen LogP contribution in [0.15, 0.2) is 48.5 Å². The number of anilines is 1. The number of hydrogen-bond acceptors (Lipinski definition) is 4. The maximum atomic E-state index is 13.1. The first-order valence-electron chi connectivity index (χ1n) is 9.24. The van der Waals surface area contributed by atoms with Gasteiger partial charge in [0.15, 0.2) is 5.82 Å². The highest BCUT2D eigenvalue weighted by atomic mass is 35.5. The first kappa shape index (κ1) is 19.3. The second-order valence-electron chi connectivity index (χ2n) is 6.90. The summed E-state index contributed by atoms with van der Waals surface area (Å²) in [5, 5.41) is 10.9. The van der Waals surface area contributed by atoms with Gasteiger partial charge in [-0.3, -0.25) is 9.89 Å². The van der Waals surface area contributed by atoms with Gasteiger partial charge in [-0.15, -0.1) is 0 Å². The summed E-state index contributed by atoms with van der Waals surface area (Å²) in [5.74, 6) is 0.785. The van der Waals surface area contributed by atoms with Gasteiger partial charge >= 0.3 is 0 Å². The molecule has 6 nitrogen and oxygen atoms in total. The number of carbonyl (C=O) groups excluding carboxylic acids is 1. The number of amides is 1. The molecule has 3 aromatic rings. The van der Waals surface area contributed by atoms with Crippen LogP contribution in [-0.2, 0) is 0 Å². The quantitative estimate of drug-likeness (QED) is 0.664. The Morgan fingerprint density at radius 2 is 2.07 bits per heavy atom. The zero-order chi connectivity index (χ0) is 20.4. The van der Waals surface area contributed by atoms with Crippen molar-refractivity contribution in [3.05, 3.63) is 64.9 Å². The van der Waals surface area contributed by atoms with E-state index in [1.807, 2.05) is 6.07 Å². The van der Waals surface area contributed by atoms with Gasteiger partial charge in [0.1, 0.15) is 11.6 Å². The fourth-order valence-electron chi connectivity index (χ4n) is 3.46. The second-order valence-corrected chi connectivity index (χ2v) is 7.33. The summed E-state index contributed by atoms with van der Waals surface area (Å²) in [7, 11) is 1.52. The third kappa shape index (κ3) is 4.19. The van der Waals surface area contributed by atoms with Crippen LogP contribution in [-0.4, -0.2) is 42.3 Å². The fraction of sp³-hybridized carbons (Fsp3) is 0.238. The SMILES string of the molecule is COc1ccc(Cl)cc1C(=O)NC1CCN(c2cc(-c3ccc(F)cc3)[nH]n2)C1. The van der Waals surface area contributed by atoms with E-state index in [4.69, 9.17) is 16.3 Å². The number of H-pyrrole nitrogens is 1. The Balaban J connectivity index is 1.41. The van der Waals surface area contributed by atoms with Crippen molar-refractivity contribution in [2.75, 3.05) is 25.1 Å². The molecule has 0 radical (unpaired) electrons. The van der Waals surface area contributed by atoms with Crippen molar-refractivity contribution in [2.45, 2.75) is 12.5 Å². The van der Waals surface area contributed by atoms with Crippen LogP contribution in [0.25, 0.3) is 11.3 Å². The van der Waals surface area contributed by atoms with E-state index in [-0.39, 0.29) is 17.8 Å². The largest absolute Gasteiger partial charge is 0.496 e. The van der Waals surface area contributed by atoms with Crippen LogP contribution >= 0.6 is 11.6 Å². The molecule has 2 heterocycles. The van der Waals surface area contributed by atoms with Crippen molar-refractivity contribution in [2.24, 2.45) is 0 Å². The summed E-state index contributed by atoms with van der Waals surface area (Å²) in [4.78, 5) is 14.8. The lowest BCUT2D eigenvalue weighted by Gasteiger charge is -2.17. The predicted octanol–water partition coefficient (Wildman–Crippen LogP) is 3.89. The summed E-state index contributed by atoms with van der Waals surface area (Å²) in [6.45, 7) is 1.41. The molecule has 2 aromatic carbocycles. The Morgan fingerprint density at radius 3 is 2.83 bits per heavy atom. The minimum absolute atomic E-state index is 0.0165. The summed E-state index contributed by atoms with van der Waals surface area (Å²) < 4.78 is 18.4. The lowest BCUT2D eigenvalue weighted by molar-refractivity contribution is 0.0937. The van der Waals surface area contributed by atoms with Gasteiger partial charge in [0.05, 0.1) is 18.4 Å². The van der Waals surface area contributed by atoms with Gasteiger partial charge in [0, 0.05) is 30.2 Å². The normalized spacial score (nSPS) is 16.1. The molecule has 8 heteroatoms. The minimum atomic E-state index is -0.275. The van der Waals surface area contributed by atoms with Crippen molar-refractivity contribution in [1.29, 1.82) is 0 Å². The number of rotatable bonds is 5. The highest BCUT2D eigenvalue weighted by molar-refractivity contribution is 6.31. The molecule has 4 rings (SSSR count). The van der Waals surface area contributed by atoms with Gasteiger partial charge in [0.25, 0.3) is 5.91 Å². The van der Waals surface area contributed by atoms with Crippen LogP contribution in [0.4, 0.5) is 10.2 Å². The van der Waals surface area contributed by atoms with Crippen LogP contribution in [0.1, 0.15) is 16.8 Å². The van der Waals surface area contributed by atoms with E-state index in [0.717, 1.165) is 30.0 Å². The van der Waals surface area contributed by atoms with Crippen molar-refractivity contribution in [3.8, 4) is 17.0 Å². The van der Waals surface area contributed by atoms with Crippen molar-refractivity contribution < 1.29 is 13.9 Å². The molecule has 150 valence electrons. The van der Waals surface area contributed by atoms with E-state index < -0.39 is 0 Å². The number of aromatic nitrogens is 2. The number of nitrogens with zero attached hydrogens (tertiary/aromatic N) is 2. The van der Waals surface area contributed by atoms with Crippen molar-refractivity contribution in [3.63, 3.8) is 0 Å². The van der Waals surface area contributed by atoms with Crippen LogP contribution in [0.2, 0.25) is 5.02 Å². The van der Waals surface area contributed by atoms with Gasteiger partial charge in [0.2, 0.25) is 0 Å². The molecule has 1 amide bonds. The van der Waals surface area contributed by atoms with E-state index in [0.29, 0.717) is 22.9 Å². The standard InChI is InChI=1S/C21H20ClFN4O2/c1-29-19-7-4-14(22)10-17(19)21(28)24-16-8-9-27(12-16)20-11-18(25-26-20)13-2-5-15(23)6-3-13/h2-7,10-11,16H,8-9,12H2,1H3,(H,24,28)(H,25,26). The third-order valence-corrected chi connectivity index (χ3v) is 5.21. The van der Waals surface area contributed by atoms with Crippen LogP contribution in [0, 0.1) is 5.82 Å². The summed E-state index contributed by atoms with van der Waals surface area (Å²) in [6, 6.07) is 13.1. The number of carbonyl (C=O) groups is 1. The zero-order valence-electron chi connectivity index (χ0n) is 15.8. The molecule has 1 unspecified atom stereocenters. The Bertz CT molecular complexity index is 1020. The molecule has 1 fully saturated rings. The monoisotopic (exact) mass is 414 g/mol. The highest BCUT2D eigenvalue weighted by Gasteiger charge is 2.27. The summed E-state index contributed by atoms with van der Waals surface area (Å²) in [6.07, 6.45) is 0.799.